The molecule has 3 N–H and O–H groups in total. The van der Waals surface area contributed by atoms with E-state index in [1.54, 1.807) is 21.2 Å². The van der Waals surface area contributed by atoms with Crippen LogP contribution in [0.3, 0.4) is 0 Å². The van der Waals surface area contributed by atoms with Gasteiger partial charge in [-0.3, -0.25) is 9.79 Å². The van der Waals surface area contributed by atoms with E-state index in [-0.39, 0.29) is 29.9 Å². The predicted molar refractivity (Wildman–Crippen MR) is 120 cm³/mol. The lowest BCUT2D eigenvalue weighted by Gasteiger charge is -2.12. The number of amides is 1. The molecule has 0 aliphatic heterocycles. The summed E-state index contributed by atoms with van der Waals surface area (Å²) in [6, 6.07) is 15.5. The van der Waals surface area contributed by atoms with Crippen LogP contribution in [0.4, 0.5) is 0 Å². The van der Waals surface area contributed by atoms with Crippen molar-refractivity contribution in [1.29, 1.82) is 0 Å². The molecule has 146 valence electrons. The Morgan fingerprint density at radius 1 is 1.07 bits per heavy atom. The summed E-state index contributed by atoms with van der Waals surface area (Å²) in [5, 5.41) is 9.21. The molecule has 0 saturated carbocycles. The van der Waals surface area contributed by atoms with Crippen LogP contribution in [-0.4, -0.2) is 39.6 Å². The van der Waals surface area contributed by atoms with Gasteiger partial charge in [-0.05, 0) is 41.8 Å². The number of nitrogens with one attached hydrogen (secondary N) is 3. The number of benzene rings is 2. The number of carbonyl (C=O) groups excluding carboxylic acids is 1. The molecule has 0 spiro atoms. The van der Waals surface area contributed by atoms with E-state index in [2.05, 4.69) is 20.9 Å². The highest BCUT2D eigenvalue weighted by Gasteiger charge is 2.04. The molecule has 7 heteroatoms. The molecular formula is C20H27IN4O2. The van der Waals surface area contributed by atoms with Gasteiger partial charge < -0.3 is 20.7 Å². The van der Waals surface area contributed by atoms with Crippen LogP contribution < -0.4 is 20.7 Å². The minimum Gasteiger partial charge on any atom is -0.497 e. The average Bonchev–Trinajstić information content (AvgIpc) is 2.70. The number of nitrogens with zero attached hydrogens (tertiary/aromatic N) is 1. The third-order valence-electron chi connectivity index (χ3n) is 3.94. The van der Waals surface area contributed by atoms with E-state index in [4.69, 9.17) is 4.74 Å². The molecule has 2 aromatic rings. The zero-order chi connectivity index (χ0) is 18.8. The van der Waals surface area contributed by atoms with Crippen LogP contribution in [0.15, 0.2) is 53.5 Å². The summed E-state index contributed by atoms with van der Waals surface area (Å²) in [5.74, 6) is 1.49. The molecule has 2 aromatic carbocycles. The van der Waals surface area contributed by atoms with Gasteiger partial charge >= 0.3 is 0 Å². The second-order valence-corrected chi connectivity index (χ2v) is 5.73. The quantitative estimate of drug-likeness (QED) is 0.322. The van der Waals surface area contributed by atoms with Crippen LogP contribution in [0.2, 0.25) is 0 Å². The van der Waals surface area contributed by atoms with Gasteiger partial charge in [0.15, 0.2) is 5.96 Å². The molecule has 2 rings (SSSR count). The Kier molecular flexibility index (Phi) is 10.2. The van der Waals surface area contributed by atoms with E-state index in [9.17, 15) is 4.79 Å². The second-order valence-electron chi connectivity index (χ2n) is 5.73. The molecule has 0 atom stereocenters. The number of rotatable bonds is 7. The lowest BCUT2D eigenvalue weighted by Crippen LogP contribution is -2.37. The molecule has 0 saturated heterocycles. The Labute approximate surface area is 177 Å². The predicted octanol–water partition coefficient (Wildman–Crippen LogP) is 2.58. The highest BCUT2D eigenvalue weighted by molar-refractivity contribution is 14.0. The van der Waals surface area contributed by atoms with Crippen LogP contribution in [0, 0.1) is 0 Å². The van der Waals surface area contributed by atoms with Gasteiger partial charge in [0.25, 0.3) is 5.91 Å². The Morgan fingerprint density at radius 3 is 2.52 bits per heavy atom. The summed E-state index contributed by atoms with van der Waals surface area (Å²) in [5.41, 5.74) is 2.89. The summed E-state index contributed by atoms with van der Waals surface area (Å²) < 4.78 is 5.23. The number of halogens is 1. The van der Waals surface area contributed by atoms with Gasteiger partial charge in [0, 0.05) is 32.7 Å². The number of hydrogen-bond donors (Lipinski definition) is 3. The zero-order valence-electron chi connectivity index (χ0n) is 15.9. The Hall–Kier alpha value is -2.29. The SMILES string of the molecule is CN=C(NCCc1cccc(C(=O)NC)c1)NCc1cccc(OC)c1.I. The van der Waals surface area contributed by atoms with Gasteiger partial charge in [-0.2, -0.15) is 0 Å². The van der Waals surface area contributed by atoms with Crippen LogP contribution >= 0.6 is 24.0 Å². The van der Waals surface area contributed by atoms with E-state index >= 15 is 0 Å². The van der Waals surface area contributed by atoms with E-state index < -0.39 is 0 Å². The van der Waals surface area contributed by atoms with Gasteiger partial charge in [0.1, 0.15) is 5.75 Å². The topological polar surface area (TPSA) is 74.8 Å². The fourth-order valence-corrected chi connectivity index (χ4v) is 2.53. The molecule has 0 aliphatic rings. The maximum absolute atomic E-state index is 11.7. The number of methoxy groups -OCH3 is 1. The number of guanidine groups is 1. The molecule has 0 aromatic heterocycles. The first-order valence-corrected chi connectivity index (χ1v) is 8.54. The molecule has 0 fully saturated rings. The Balaban J connectivity index is 0.00000364. The highest BCUT2D eigenvalue weighted by Crippen LogP contribution is 2.12. The smallest absolute Gasteiger partial charge is 0.251 e. The molecule has 6 nitrogen and oxygen atoms in total. The molecule has 0 radical (unpaired) electrons. The van der Waals surface area contributed by atoms with Crippen molar-refractivity contribution in [2.24, 2.45) is 4.99 Å². The molecule has 0 unspecified atom stereocenters. The van der Waals surface area contributed by atoms with Crippen molar-refractivity contribution in [3.05, 3.63) is 65.2 Å². The Bertz CT molecular complexity index is 765. The monoisotopic (exact) mass is 482 g/mol. The first-order valence-electron chi connectivity index (χ1n) is 8.54. The van der Waals surface area contributed by atoms with Crippen LogP contribution in [0.5, 0.6) is 5.75 Å². The molecule has 1 amide bonds. The molecule has 0 heterocycles. The van der Waals surface area contributed by atoms with Crippen LogP contribution in [0.25, 0.3) is 0 Å². The van der Waals surface area contributed by atoms with Crippen LogP contribution in [-0.2, 0) is 13.0 Å². The van der Waals surface area contributed by atoms with Gasteiger partial charge in [-0.1, -0.05) is 24.3 Å². The lowest BCUT2D eigenvalue weighted by molar-refractivity contribution is 0.0963. The van der Waals surface area contributed by atoms with E-state index in [0.29, 0.717) is 12.1 Å². The standard InChI is InChI=1S/C20H26N4O2.HI/c1-21-19(25)17-8-4-6-15(12-17)10-11-23-20(22-2)24-14-16-7-5-9-18(13-16)26-3;/h4-9,12-13H,10-11,14H2,1-3H3,(H,21,25)(H2,22,23,24);1H. The van der Waals surface area contributed by atoms with Crippen molar-refractivity contribution in [3.8, 4) is 5.75 Å². The average molecular weight is 482 g/mol. The fraction of sp³-hybridized carbons (Fsp3) is 0.300. The van der Waals surface area contributed by atoms with Gasteiger partial charge in [0.2, 0.25) is 0 Å². The molecule has 0 aliphatic carbocycles. The normalized spacial score (nSPS) is 10.6. The summed E-state index contributed by atoms with van der Waals surface area (Å²) in [6.07, 6.45) is 0.796. The zero-order valence-corrected chi connectivity index (χ0v) is 18.2. The van der Waals surface area contributed by atoms with E-state index in [1.807, 2.05) is 48.5 Å². The minimum atomic E-state index is -0.0735. The summed E-state index contributed by atoms with van der Waals surface area (Å²) in [6.45, 7) is 1.37. The van der Waals surface area contributed by atoms with E-state index in [1.165, 1.54) is 0 Å². The first-order chi connectivity index (χ1) is 12.7. The maximum Gasteiger partial charge on any atom is 0.251 e. The van der Waals surface area contributed by atoms with E-state index in [0.717, 1.165) is 35.8 Å². The molecule has 0 bridgehead atoms. The summed E-state index contributed by atoms with van der Waals surface area (Å²) in [4.78, 5) is 15.9. The highest BCUT2D eigenvalue weighted by atomic mass is 127. The molecule has 27 heavy (non-hydrogen) atoms. The van der Waals surface area contributed by atoms with Crippen LogP contribution in [0.1, 0.15) is 21.5 Å². The second kappa shape index (κ2) is 12.2. The fourth-order valence-electron chi connectivity index (χ4n) is 2.53. The summed E-state index contributed by atoms with van der Waals surface area (Å²) >= 11 is 0. The number of aliphatic imine (C=N–C) groups is 1. The lowest BCUT2D eigenvalue weighted by atomic mass is 10.1. The number of hydrogen-bond acceptors (Lipinski definition) is 3. The number of carbonyl (C=O) groups is 1. The minimum absolute atomic E-state index is 0. The first kappa shape index (κ1) is 22.8. The summed E-state index contributed by atoms with van der Waals surface area (Å²) in [7, 11) is 5.04. The van der Waals surface area contributed by atoms with Gasteiger partial charge in [0.05, 0.1) is 7.11 Å². The van der Waals surface area contributed by atoms with Gasteiger partial charge in [-0.25, -0.2) is 0 Å². The number of ether oxygens (including phenoxy) is 1. The third kappa shape index (κ3) is 7.46. The van der Waals surface area contributed by atoms with Crippen molar-refractivity contribution < 1.29 is 9.53 Å². The van der Waals surface area contributed by atoms with Crippen molar-refractivity contribution >= 4 is 35.8 Å². The molecular weight excluding hydrogens is 455 g/mol. The van der Waals surface area contributed by atoms with Crippen molar-refractivity contribution in [3.63, 3.8) is 0 Å². The van der Waals surface area contributed by atoms with Crippen molar-refractivity contribution in [2.75, 3.05) is 27.7 Å². The van der Waals surface area contributed by atoms with Crippen molar-refractivity contribution in [2.45, 2.75) is 13.0 Å². The van der Waals surface area contributed by atoms with Gasteiger partial charge in [-0.15, -0.1) is 24.0 Å². The maximum atomic E-state index is 11.7. The van der Waals surface area contributed by atoms with Crippen molar-refractivity contribution in [1.82, 2.24) is 16.0 Å². The largest absolute Gasteiger partial charge is 0.497 e. The third-order valence-corrected chi connectivity index (χ3v) is 3.94. The Morgan fingerprint density at radius 2 is 1.81 bits per heavy atom.